The fraction of sp³-hybridized carbons (Fsp3) is 0.133. The van der Waals surface area contributed by atoms with Gasteiger partial charge in [0.25, 0.3) is 11.8 Å². The van der Waals surface area contributed by atoms with Crippen LogP contribution in [-0.2, 0) is 0 Å². The molecule has 0 spiro atoms. The molecular weight excluding hydrogens is 434 g/mol. The highest BCUT2D eigenvalue weighted by Crippen LogP contribution is 2.28. The molecule has 1 N–H and O–H groups in total. The standard InChI is InChI=1S/C30H27N3O2/c34-29(25-17-15-24(16-18-25)23-9-3-1-4-10-23)31-27-13-7-8-14-28(27)32-19-21-33(22-20-32)30(35)26-11-5-2-6-12-26/h1-18H,19-22H2,(H,31,34). The van der Waals surface area contributed by atoms with Crippen molar-refractivity contribution < 1.29 is 9.59 Å². The van der Waals surface area contributed by atoms with Crippen molar-refractivity contribution in [2.24, 2.45) is 0 Å². The zero-order valence-electron chi connectivity index (χ0n) is 19.4. The zero-order valence-corrected chi connectivity index (χ0v) is 19.4. The fourth-order valence-electron chi connectivity index (χ4n) is 4.41. The Morgan fingerprint density at radius 2 is 1.14 bits per heavy atom. The van der Waals surface area contributed by atoms with Crippen molar-refractivity contribution in [3.63, 3.8) is 0 Å². The van der Waals surface area contributed by atoms with Gasteiger partial charge in [0.15, 0.2) is 0 Å². The minimum absolute atomic E-state index is 0.0609. The zero-order chi connectivity index (χ0) is 24.0. The third-order valence-electron chi connectivity index (χ3n) is 6.33. The molecule has 1 aliphatic rings. The summed E-state index contributed by atoms with van der Waals surface area (Å²) in [4.78, 5) is 29.9. The van der Waals surface area contributed by atoms with Crippen LogP contribution >= 0.6 is 0 Å². The van der Waals surface area contributed by atoms with Gasteiger partial charge in [0.05, 0.1) is 11.4 Å². The van der Waals surface area contributed by atoms with E-state index >= 15 is 0 Å². The number of benzene rings is 4. The third kappa shape index (κ3) is 5.09. The number of carbonyl (C=O) groups excluding carboxylic acids is 2. The Kier molecular flexibility index (Phi) is 6.57. The molecule has 4 aromatic rings. The molecular formula is C30H27N3O2. The maximum atomic E-state index is 13.0. The van der Waals surface area contributed by atoms with Crippen molar-refractivity contribution in [2.75, 3.05) is 36.4 Å². The van der Waals surface area contributed by atoms with Crippen LogP contribution in [0.25, 0.3) is 11.1 Å². The summed E-state index contributed by atoms with van der Waals surface area (Å²) in [5.41, 5.74) is 5.26. The molecule has 0 unspecified atom stereocenters. The van der Waals surface area contributed by atoms with Crippen LogP contribution in [0, 0.1) is 0 Å². The molecule has 1 aliphatic heterocycles. The Balaban J connectivity index is 1.25. The van der Waals surface area contributed by atoms with E-state index in [-0.39, 0.29) is 11.8 Å². The summed E-state index contributed by atoms with van der Waals surface area (Å²) in [6, 6.07) is 35.0. The van der Waals surface area contributed by atoms with Crippen molar-refractivity contribution in [1.29, 1.82) is 0 Å². The Morgan fingerprint density at radius 1 is 0.571 bits per heavy atom. The van der Waals surface area contributed by atoms with Crippen LogP contribution in [-0.4, -0.2) is 42.9 Å². The first-order valence-electron chi connectivity index (χ1n) is 11.8. The summed E-state index contributed by atoms with van der Waals surface area (Å²) in [5, 5.41) is 3.08. The van der Waals surface area contributed by atoms with Crippen LogP contribution in [0.4, 0.5) is 11.4 Å². The van der Waals surface area contributed by atoms with Gasteiger partial charge >= 0.3 is 0 Å². The second-order valence-electron chi connectivity index (χ2n) is 8.56. The van der Waals surface area contributed by atoms with Gasteiger partial charge in [-0.15, -0.1) is 0 Å². The molecule has 5 nitrogen and oxygen atoms in total. The van der Waals surface area contributed by atoms with E-state index in [1.165, 1.54) is 0 Å². The summed E-state index contributed by atoms with van der Waals surface area (Å²) in [6.45, 7) is 2.68. The smallest absolute Gasteiger partial charge is 0.255 e. The molecule has 0 radical (unpaired) electrons. The Hall–Kier alpha value is -4.38. The molecule has 0 aromatic heterocycles. The van der Waals surface area contributed by atoms with E-state index in [4.69, 9.17) is 0 Å². The van der Waals surface area contributed by atoms with Gasteiger partial charge in [0.1, 0.15) is 0 Å². The summed E-state index contributed by atoms with van der Waals surface area (Å²) >= 11 is 0. The lowest BCUT2D eigenvalue weighted by Gasteiger charge is -2.37. The number of rotatable bonds is 5. The lowest BCUT2D eigenvalue weighted by molar-refractivity contribution is 0.0746. The van der Waals surface area contributed by atoms with E-state index in [1.807, 2.05) is 102 Å². The number of amides is 2. The molecule has 1 saturated heterocycles. The van der Waals surface area contributed by atoms with E-state index in [0.717, 1.165) is 22.5 Å². The highest BCUT2D eigenvalue weighted by atomic mass is 16.2. The first-order valence-corrected chi connectivity index (χ1v) is 11.8. The van der Waals surface area contributed by atoms with Crippen LogP contribution in [0.1, 0.15) is 20.7 Å². The molecule has 5 rings (SSSR count). The van der Waals surface area contributed by atoms with Crippen molar-refractivity contribution in [3.8, 4) is 11.1 Å². The molecule has 174 valence electrons. The normalized spacial score (nSPS) is 13.4. The highest BCUT2D eigenvalue weighted by Gasteiger charge is 2.23. The molecule has 0 atom stereocenters. The van der Waals surface area contributed by atoms with E-state index < -0.39 is 0 Å². The molecule has 35 heavy (non-hydrogen) atoms. The highest BCUT2D eigenvalue weighted by molar-refractivity contribution is 6.06. The monoisotopic (exact) mass is 461 g/mol. The average Bonchev–Trinajstić information content (AvgIpc) is 2.94. The van der Waals surface area contributed by atoms with Gasteiger partial charge in [-0.25, -0.2) is 0 Å². The number of piperazine rings is 1. The summed E-state index contributed by atoms with van der Waals surface area (Å²) in [5.74, 6) is -0.0826. The molecule has 4 aromatic carbocycles. The molecule has 1 heterocycles. The van der Waals surface area contributed by atoms with Crippen LogP contribution in [0.2, 0.25) is 0 Å². The summed E-state index contributed by atoms with van der Waals surface area (Å²) in [6.07, 6.45) is 0. The molecule has 0 saturated carbocycles. The van der Waals surface area contributed by atoms with E-state index in [0.29, 0.717) is 37.3 Å². The second kappa shape index (κ2) is 10.3. The molecule has 5 heteroatoms. The van der Waals surface area contributed by atoms with Crippen molar-refractivity contribution in [2.45, 2.75) is 0 Å². The van der Waals surface area contributed by atoms with Gasteiger partial charge in [-0.2, -0.15) is 0 Å². The first-order chi connectivity index (χ1) is 17.2. The average molecular weight is 462 g/mol. The van der Waals surface area contributed by atoms with Gasteiger partial charge in [-0.1, -0.05) is 72.8 Å². The van der Waals surface area contributed by atoms with Crippen molar-refractivity contribution >= 4 is 23.2 Å². The predicted molar refractivity (Wildman–Crippen MR) is 141 cm³/mol. The van der Waals surface area contributed by atoms with Crippen LogP contribution in [0.3, 0.4) is 0 Å². The summed E-state index contributed by atoms with van der Waals surface area (Å²) in [7, 11) is 0. The number of carbonyl (C=O) groups is 2. The third-order valence-corrected chi connectivity index (χ3v) is 6.33. The number of hydrogen-bond acceptors (Lipinski definition) is 3. The van der Waals surface area contributed by atoms with Crippen molar-refractivity contribution in [3.05, 3.63) is 120 Å². The predicted octanol–water partition coefficient (Wildman–Crippen LogP) is 5.57. The van der Waals surface area contributed by atoms with Crippen LogP contribution in [0.15, 0.2) is 109 Å². The number of nitrogens with zero attached hydrogens (tertiary/aromatic N) is 2. The molecule has 1 fully saturated rings. The largest absolute Gasteiger partial charge is 0.366 e. The number of para-hydroxylation sites is 2. The summed E-state index contributed by atoms with van der Waals surface area (Å²) < 4.78 is 0. The topological polar surface area (TPSA) is 52.7 Å². The number of nitrogens with one attached hydrogen (secondary N) is 1. The minimum atomic E-state index is -0.144. The quantitative estimate of drug-likeness (QED) is 0.423. The van der Waals surface area contributed by atoms with E-state index in [9.17, 15) is 9.59 Å². The lowest BCUT2D eigenvalue weighted by atomic mass is 10.0. The second-order valence-corrected chi connectivity index (χ2v) is 8.56. The Bertz CT molecular complexity index is 1300. The number of hydrogen-bond donors (Lipinski definition) is 1. The van der Waals surface area contributed by atoms with Gasteiger partial charge < -0.3 is 15.1 Å². The molecule has 0 bridgehead atoms. The van der Waals surface area contributed by atoms with Gasteiger partial charge in [-0.05, 0) is 47.5 Å². The lowest BCUT2D eigenvalue weighted by Crippen LogP contribution is -2.49. The van der Waals surface area contributed by atoms with E-state index in [1.54, 1.807) is 0 Å². The van der Waals surface area contributed by atoms with Gasteiger partial charge in [0.2, 0.25) is 0 Å². The number of anilines is 2. The first kappa shape index (κ1) is 22.4. The van der Waals surface area contributed by atoms with Crippen LogP contribution in [0.5, 0.6) is 0 Å². The Labute approximate surface area is 205 Å². The van der Waals surface area contributed by atoms with Gasteiger partial charge in [0, 0.05) is 37.3 Å². The van der Waals surface area contributed by atoms with E-state index in [2.05, 4.69) is 22.3 Å². The van der Waals surface area contributed by atoms with Crippen molar-refractivity contribution in [1.82, 2.24) is 4.90 Å². The molecule has 0 aliphatic carbocycles. The maximum absolute atomic E-state index is 13.0. The van der Waals surface area contributed by atoms with Gasteiger partial charge in [-0.3, -0.25) is 9.59 Å². The maximum Gasteiger partial charge on any atom is 0.255 e. The SMILES string of the molecule is O=C(Nc1ccccc1N1CCN(C(=O)c2ccccc2)CC1)c1ccc(-c2ccccc2)cc1. The fourth-order valence-corrected chi connectivity index (χ4v) is 4.41. The van der Waals surface area contributed by atoms with Crippen LogP contribution < -0.4 is 10.2 Å². The molecule has 2 amide bonds. The minimum Gasteiger partial charge on any atom is -0.366 e. The Morgan fingerprint density at radius 3 is 1.83 bits per heavy atom.